The van der Waals surface area contributed by atoms with Crippen LogP contribution in [0.25, 0.3) is 0 Å². The number of hydrogen-bond acceptors (Lipinski definition) is 6. The third-order valence-corrected chi connectivity index (χ3v) is 4.05. The lowest BCUT2D eigenvalue weighted by atomic mass is 10.1. The highest BCUT2D eigenvalue weighted by molar-refractivity contribution is 7.14. The van der Waals surface area contributed by atoms with Gasteiger partial charge < -0.3 is 10.5 Å². The molecule has 0 atom stereocenters. The summed E-state index contributed by atoms with van der Waals surface area (Å²) in [5.41, 5.74) is 11.7. The standard InChI is InChI=1S/C18H18N4OS/c1-13-5-4-6-14(9-13)11-23-16-8-3-2-7-15(16)10-20-22-18-21-17(19)12-24-18/h2-10,12H,11,19H2,1H3,(H,21,22). The van der Waals surface area contributed by atoms with Gasteiger partial charge in [0.1, 0.15) is 18.2 Å². The normalized spacial score (nSPS) is 10.9. The first kappa shape index (κ1) is 16.0. The summed E-state index contributed by atoms with van der Waals surface area (Å²) in [7, 11) is 0. The number of anilines is 2. The van der Waals surface area contributed by atoms with Gasteiger partial charge in [-0.1, -0.05) is 42.0 Å². The molecule has 0 saturated heterocycles. The number of hydrogen-bond donors (Lipinski definition) is 2. The van der Waals surface area contributed by atoms with E-state index in [2.05, 4.69) is 40.6 Å². The van der Waals surface area contributed by atoms with Gasteiger partial charge in [-0.15, -0.1) is 11.3 Å². The van der Waals surface area contributed by atoms with Gasteiger partial charge in [-0.05, 0) is 24.6 Å². The van der Waals surface area contributed by atoms with Crippen LogP contribution in [0.5, 0.6) is 5.75 Å². The van der Waals surface area contributed by atoms with Crippen molar-refractivity contribution in [3.63, 3.8) is 0 Å². The lowest BCUT2D eigenvalue weighted by molar-refractivity contribution is 0.305. The van der Waals surface area contributed by atoms with Gasteiger partial charge in [0, 0.05) is 10.9 Å². The Morgan fingerprint density at radius 3 is 2.92 bits per heavy atom. The molecule has 0 bridgehead atoms. The fourth-order valence-electron chi connectivity index (χ4n) is 2.18. The zero-order valence-corrected chi connectivity index (χ0v) is 14.1. The number of nitrogens with two attached hydrogens (primary N) is 1. The Morgan fingerprint density at radius 2 is 2.12 bits per heavy atom. The Morgan fingerprint density at radius 1 is 1.25 bits per heavy atom. The number of aryl methyl sites for hydroxylation is 1. The van der Waals surface area contributed by atoms with Crippen LogP contribution in [-0.4, -0.2) is 11.2 Å². The summed E-state index contributed by atoms with van der Waals surface area (Å²) in [6.45, 7) is 2.59. The smallest absolute Gasteiger partial charge is 0.205 e. The van der Waals surface area contributed by atoms with E-state index in [9.17, 15) is 0 Å². The minimum absolute atomic E-state index is 0.486. The van der Waals surface area contributed by atoms with Crippen molar-refractivity contribution in [2.75, 3.05) is 11.2 Å². The van der Waals surface area contributed by atoms with Crippen molar-refractivity contribution < 1.29 is 4.74 Å². The second-order valence-electron chi connectivity index (χ2n) is 5.26. The number of ether oxygens (including phenoxy) is 1. The molecule has 24 heavy (non-hydrogen) atoms. The summed E-state index contributed by atoms with van der Waals surface area (Å²) in [5.74, 6) is 1.27. The predicted octanol–water partition coefficient (Wildman–Crippen LogP) is 4.06. The van der Waals surface area contributed by atoms with Crippen LogP contribution in [0.4, 0.5) is 10.9 Å². The summed E-state index contributed by atoms with van der Waals surface area (Å²) in [4.78, 5) is 4.09. The van der Waals surface area contributed by atoms with E-state index >= 15 is 0 Å². The van der Waals surface area contributed by atoms with Crippen LogP contribution in [0.15, 0.2) is 59.0 Å². The maximum Gasteiger partial charge on any atom is 0.205 e. The summed E-state index contributed by atoms with van der Waals surface area (Å²) in [6.07, 6.45) is 1.71. The number of aromatic nitrogens is 1. The van der Waals surface area contributed by atoms with Crippen LogP contribution in [0, 0.1) is 6.92 Å². The Kier molecular flexibility index (Phi) is 5.08. The molecule has 0 spiro atoms. The second kappa shape index (κ2) is 7.61. The van der Waals surface area contributed by atoms with Crippen LogP contribution in [0.3, 0.4) is 0 Å². The highest BCUT2D eigenvalue weighted by Crippen LogP contribution is 2.19. The van der Waals surface area contributed by atoms with Crippen molar-refractivity contribution in [2.24, 2.45) is 5.10 Å². The molecule has 0 aliphatic rings. The molecule has 0 amide bonds. The molecule has 3 aromatic rings. The molecule has 5 nitrogen and oxygen atoms in total. The lowest BCUT2D eigenvalue weighted by Gasteiger charge is -2.09. The number of para-hydroxylation sites is 1. The van der Waals surface area contributed by atoms with Gasteiger partial charge in [-0.2, -0.15) is 5.10 Å². The van der Waals surface area contributed by atoms with Gasteiger partial charge in [-0.3, -0.25) is 5.43 Å². The SMILES string of the molecule is Cc1cccc(COc2ccccc2C=NNc2nc(N)cs2)c1. The van der Waals surface area contributed by atoms with Crippen LogP contribution < -0.4 is 15.9 Å². The molecule has 2 aromatic carbocycles. The molecule has 0 unspecified atom stereocenters. The van der Waals surface area contributed by atoms with E-state index in [0.29, 0.717) is 17.6 Å². The van der Waals surface area contributed by atoms with Gasteiger partial charge in [-0.25, -0.2) is 4.98 Å². The quantitative estimate of drug-likeness (QED) is 0.525. The highest BCUT2D eigenvalue weighted by atomic mass is 32.1. The zero-order chi connectivity index (χ0) is 16.8. The van der Waals surface area contributed by atoms with Crippen LogP contribution in [0.2, 0.25) is 0 Å². The van der Waals surface area contributed by atoms with E-state index in [1.165, 1.54) is 16.9 Å². The fraction of sp³-hybridized carbons (Fsp3) is 0.111. The van der Waals surface area contributed by atoms with Crippen LogP contribution in [0.1, 0.15) is 16.7 Å². The van der Waals surface area contributed by atoms with Crippen molar-refractivity contribution in [1.82, 2.24) is 4.98 Å². The lowest BCUT2D eigenvalue weighted by Crippen LogP contribution is -1.99. The summed E-state index contributed by atoms with van der Waals surface area (Å²) < 4.78 is 5.93. The van der Waals surface area contributed by atoms with E-state index in [4.69, 9.17) is 10.5 Å². The summed E-state index contributed by atoms with van der Waals surface area (Å²) in [5, 5.41) is 6.61. The minimum Gasteiger partial charge on any atom is -0.488 e. The number of rotatable bonds is 6. The Hall–Kier alpha value is -2.86. The molecule has 0 aliphatic carbocycles. The van der Waals surface area contributed by atoms with E-state index in [1.807, 2.05) is 30.3 Å². The molecule has 0 radical (unpaired) electrons. The fourth-order valence-corrected chi connectivity index (χ4v) is 2.72. The highest BCUT2D eigenvalue weighted by Gasteiger charge is 2.02. The Balaban J connectivity index is 1.66. The molecule has 6 heteroatoms. The molecule has 0 saturated carbocycles. The summed E-state index contributed by atoms with van der Waals surface area (Å²) in [6, 6.07) is 16.0. The van der Waals surface area contributed by atoms with Gasteiger partial charge in [0.25, 0.3) is 0 Å². The molecule has 1 heterocycles. The maximum atomic E-state index is 5.93. The van der Waals surface area contributed by atoms with Crippen LogP contribution >= 0.6 is 11.3 Å². The minimum atomic E-state index is 0.486. The first-order valence-corrected chi connectivity index (χ1v) is 8.36. The third kappa shape index (κ3) is 4.33. The van der Waals surface area contributed by atoms with Crippen molar-refractivity contribution in [3.05, 3.63) is 70.6 Å². The van der Waals surface area contributed by atoms with Gasteiger partial charge in [0.2, 0.25) is 5.13 Å². The van der Waals surface area contributed by atoms with E-state index in [-0.39, 0.29) is 0 Å². The van der Waals surface area contributed by atoms with Crippen molar-refractivity contribution in [3.8, 4) is 5.75 Å². The van der Waals surface area contributed by atoms with Gasteiger partial charge >= 0.3 is 0 Å². The molecule has 122 valence electrons. The first-order valence-electron chi connectivity index (χ1n) is 7.48. The number of thiazole rings is 1. The second-order valence-corrected chi connectivity index (χ2v) is 6.12. The number of nitrogens with one attached hydrogen (secondary N) is 1. The molecular weight excluding hydrogens is 320 g/mol. The number of nitrogens with zero attached hydrogens (tertiary/aromatic N) is 2. The maximum absolute atomic E-state index is 5.93. The number of hydrazone groups is 1. The number of benzene rings is 2. The summed E-state index contributed by atoms with van der Waals surface area (Å²) >= 11 is 1.41. The molecule has 1 aromatic heterocycles. The van der Waals surface area contributed by atoms with E-state index < -0.39 is 0 Å². The van der Waals surface area contributed by atoms with Crippen molar-refractivity contribution >= 4 is 28.5 Å². The van der Waals surface area contributed by atoms with Gasteiger partial charge in [0.05, 0.1) is 6.21 Å². The average Bonchev–Trinajstić information content (AvgIpc) is 2.99. The van der Waals surface area contributed by atoms with E-state index in [1.54, 1.807) is 11.6 Å². The first-order chi connectivity index (χ1) is 11.7. The molecule has 0 fully saturated rings. The van der Waals surface area contributed by atoms with Gasteiger partial charge in [0.15, 0.2) is 0 Å². The molecule has 3 rings (SSSR count). The topological polar surface area (TPSA) is 72.5 Å². The number of nitrogen functional groups attached to an aromatic ring is 1. The monoisotopic (exact) mass is 338 g/mol. The van der Waals surface area contributed by atoms with Crippen molar-refractivity contribution in [1.29, 1.82) is 0 Å². The Labute approximate surface area is 144 Å². The Bertz CT molecular complexity index is 844. The zero-order valence-electron chi connectivity index (χ0n) is 13.3. The molecular formula is C18H18N4OS. The average molecular weight is 338 g/mol. The van der Waals surface area contributed by atoms with Crippen LogP contribution in [-0.2, 0) is 6.61 Å². The van der Waals surface area contributed by atoms with Crippen molar-refractivity contribution in [2.45, 2.75) is 13.5 Å². The molecule has 3 N–H and O–H groups in total. The van der Waals surface area contributed by atoms with E-state index in [0.717, 1.165) is 16.9 Å². The largest absolute Gasteiger partial charge is 0.488 e. The predicted molar refractivity (Wildman–Crippen MR) is 99.7 cm³/mol. The molecule has 0 aliphatic heterocycles. The third-order valence-electron chi connectivity index (χ3n) is 3.28.